The molecule has 2 heterocycles. The van der Waals surface area contributed by atoms with Crippen molar-refractivity contribution in [2.45, 2.75) is 0 Å². The maximum atomic E-state index is 5.95. The number of methoxy groups -OCH3 is 1. The molecule has 2 N–H and O–H groups in total. The number of nitrogen functional groups attached to an aromatic ring is 1. The first-order chi connectivity index (χ1) is 10.3. The van der Waals surface area contributed by atoms with Crippen molar-refractivity contribution in [3.63, 3.8) is 0 Å². The molecule has 0 bridgehead atoms. The number of anilines is 2. The van der Waals surface area contributed by atoms with Gasteiger partial charge in [-0.2, -0.15) is 4.98 Å². The van der Waals surface area contributed by atoms with E-state index in [2.05, 4.69) is 14.9 Å². The summed E-state index contributed by atoms with van der Waals surface area (Å²) in [4.78, 5) is 11.1. The summed E-state index contributed by atoms with van der Waals surface area (Å²) in [5.74, 6) is 1.86. The number of morpholine rings is 1. The lowest BCUT2D eigenvalue weighted by molar-refractivity contribution is 0.122. The quantitative estimate of drug-likeness (QED) is 0.923. The summed E-state index contributed by atoms with van der Waals surface area (Å²) >= 11 is 0. The lowest BCUT2D eigenvalue weighted by atomic mass is 10.1. The first-order valence-corrected chi connectivity index (χ1v) is 6.88. The molecule has 1 aliphatic heterocycles. The van der Waals surface area contributed by atoms with Crippen LogP contribution in [0.2, 0.25) is 0 Å². The molecule has 6 heteroatoms. The van der Waals surface area contributed by atoms with Crippen LogP contribution >= 0.6 is 0 Å². The highest BCUT2D eigenvalue weighted by molar-refractivity contribution is 5.70. The molecule has 6 nitrogen and oxygen atoms in total. The summed E-state index contributed by atoms with van der Waals surface area (Å²) in [6.45, 7) is 2.91. The molecule has 1 saturated heterocycles. The Labute approximate surface area is 123 Å². The van der Waals surface area contributed by atoms with Gasteiger partial charge in [0.15, 0.2) is 0 Å². The lowest BCUT2D eigenvalue weighted by Crippen LogP contribution is -2.37. The molecule has 1 fully saturated rings. The highest BCUT2D eigenvalue weighted by atomic mass is 16.5. The fourth-order valence-corrected chi connectivity index (χ4v) is 2.35. The average molecular weight is 286 g/mol. The van der Waals surface area contributed by atoms with Gasteiger partial charge >= 0.3 is 0 Å². The summed E-state index contributed by atoms with van der Waals surface area (Å²) in [6.07, 6.45) is 0. The Morgan fingerprint density at radius 1 is 1.19 bits per heavy atom. The number of rotatable bonds is 3. The lowest BCUT2D eigenvalue weighted by Gasteiger charge is -2.27. The third-order valence-corrected chi connectivity index (χ3v) is 3.41. The van der Waals surface area contributed by atoms with Crippen LogP contribution in [0.3, 0.4) is 0 Å². The number of para-hydroxylation sites is 1. The van der Waals surface area contributed by atoms with Crippen LogP contribution in [0.5, 0.6) is 5.75 Å². The Morgan fingerprint density at radius 2 is 1.95 bits per heavy atom. The molecule has 0 aliphatic carbocycles. The number of nitrogens with zero attached hydrogens (tertiary/aromatic N) is 3. The van der Waals surface area contributed by atoms with E-state index in [4.69, 9.17) is 15.2 Å². The first-order valence-electron chi connectivity index (χ1n) is 6.88. The number of nitrogens with two attached hydrogens (primary N) is 1. The van der Waals surface area contributed by atoms with Crippen LogP contribution in [0.25, 0.3) is 11.3 Å². The van der Waals surface area contributed by atoms with Gasteiger partial charge in [-0.15, -0.1) is 0 Å². The average Bonchev–Trinajstić information content (AvgIpc) is 2.55. The SMILES string of the molecule is COc1ccccc1-c1cc(N)nc(N2CCOCC2)n1. The molecule has 1 aromatic heterocycles. The molecule has 0 spiro atoms. The monoisotopic (exact) mass is 286 g/mol. The molecule has 3 rings (SSSR count). The standard InChI is InChI=1S/C15H18N4O2/c1-20-13-5-3-2-4-11(13)12-10-14(16)18-15(17-12)19-6-8-21-9-7-19/h2-5,10H,6-9H2,1H3,(H2,16,17,18). The Kier molecular flexibility index (Phi) is 3.87. The van der Waals surface area contributed by atoms with Crippen molar-refractivity contribution in [1.29, 1.82) is 0 Å². The topological polar surface area (TPSA) is 73.5 Å². The largest absolute Gasteiger partial charge is 0.496 e. The minimum absolute atomic E-state index is 0.451. The molecule has 2 aromatic rings. The van der Waals surface area contributed by atoms with Gasteiger partial charge in [0.25, 0.3) is 0 Å². The van der Waals surface area contributed by atoms with E-state index < -0.39 is 0 Å². The molecule has 21 heavy (non-hydrogen) atoms. The Bertz CT molecular complexity index is 627. The number of hydrogen-bond acceptors (Lipinski definition) is 6. The Hall–Kier alpha value is -2.34. The van der Waals surface area contributed by atoms with Gasteiger partial charge in [-0.1, -0.05) is 12.1 Å². The summed E-state index contributed by atoms with van der Waals surface area (Å²) in [5, 5.41) is 0. The van der Waals surface area contributed by atoms with E-state index in [1.165, 1.54) is 0 Å². The van der Waals surface area contributed by atoms with Crippen LogP contribution < -0.4 is 15.4 Å². The molecule has 0 saturated carbocycles. The van der Waals surface area contributed by atoms with Gasteiger partial charge in [-0.3, -0.25) is 0 Å². The van der Waals surface area contributed by atoms with E-state index in [1.807, 2.05) is 24.3 Å². The molecule has 110 valence electrons. The summed E-state index contributed by atoms with van der Waals surface area (Å²) in [6, 6.07) is 9.51. The van der Waals surface area contributed by atoms with Crippen LogP contribution in [0.4, 0.5) is 11.8 Å². The van der Waals surface area contributed by atoms with Crippen molar-refractivity contribution in [2.24, 2.45) is 0 Å². The predicted octanol–water partition coefficient (Wildman–Crippen LogP) is 1.57. The second kappa shape index (κ2) is 5.97. The molecule has 1 aromatic carbocycles. The van der Waals surface area contributed by atoms with E-state index in [1.54, 1.807) is 13.2 Å². The van der Waals surface area contributed by atoms with Gasteiger partial charge in [-0.25, -0.2) is 4.98 Å². The first kappa shape index (κ1) is 13.6. The number of ether oxygens (including phenoxy) is 2. The fourth-order valence-electron chi connectivity index (χ4n) is 2.35. The molecule has 0 unspecified atom stereocenters. The molecule has 0 amide bonds. The number of hydrogen-bond donors (Lipinski definition) is 1. The van der Waals surface area contributed by atoms with E-state index in [0.717, 1.165) is 30.1 Å². The van der Waals surface area contributed by atoms with E-state index in [9.17, 15) is 0 Å². The summed E-state index contributed by atoms with van der Waals surface area (Å²) < 4.78 is 10.7. The number of benzene rings is 1. The second-order valence-electron chi connectivity index (χ2n) is 4.78. The third kappa shape index (κ3) is 2.90. The molecule has 1 aliphatic rings. The van der Waals surface area contributed by atoms with Gasteiger partial charge in [-0.05, 0) is 12.1 Å². The zero-order valence-corrected chi connectivity index (χ0v) is 12.0. The van der Waals surface area contributed by atoms with Crippen LogP contribution in [0.15, 0.2) is 30.3 Å². The highest BCUT2D eigenvalue weighted by Crippen LogP contribution is 2.30. The van der Waals surface area contributed by atoms with Gasteiger partial charge in [0.2, 0.25) is 5.95 Å². The summed E-state index contributed by atoms with van der Waals surface area (Å²) in [5.41, 5.74) is 7.62. The Morgan fingerprint density at radius 3 is 2.71 bits per heavy atom. The number of aromatic nitrogens is 2. The van der Waals surface area contributed by atoms with Crippen molar-refractivity contribution in [1.82, 2.24) is 9.97 Å². The minimum atomic E-state index is 0.451. The van der Waals surface area contributed by atoms with Crippen LogP contribution in [-0.4, -0.2) is 43.4 Å². The maximum Gasteiger partial charge on any atom is 0.228 e. The molecule has 0 radical (unpaired) electrons. The van der Waals surface area contributed by atoms with Gasteiger partial charge in [0.1, 0.15) is 11.6 Å². The van der Waals surface area contributed by atoms with Crippen LogP contribution in [0, 0.1) is 0 Å². The van der Waals surface area contributed by atoms with Crippen molar-refractivity contribution in [2.75, 3.05) is 44.0 Å². The van der Waals surface area contributed by atoms with Crippen molar-refractivity contribution >= 4 is 11.8 Å². The van der Waals surface area contributed by atoms with Crippen molar-refractivity contribution in [3.8, 4) is 17.0 Å². The third-order valence-electron chi connectivity index (χ3n) is 3.41. The normalized spacial score (nSPS) is 15.0. The molecular weight excluding hydrogens is 268 g/mol. The van der Waals surface area contributed by atoms with Gasteiger partial charge in [0.05, 0.1) is 26.0 Å². The maximum absolute atomic E-state index is 5.95. The van der Waals surface area contributed by atoms with E-state index in [0.29, 0.717) is 25.0 Å². The van der Waals surface area contributed by atoms with Crippen LogP contribution in [-0.2, 0) is 4.74 Å². The smallest absolute Gasteiger partial charge is 0.228 e. The van der Waals surface area contributed by atoms with Crippen molar-refractivity contribution < 1.29 is 9.47 Å². The van der Waals surface area contributed by atoms with E-state index >= 15 is 0 Å². The zero-order chi connectivity index (χ0) is 14.7. The zero-order valence-electron chi connectivity index (χ0n) is 12.0. The second-order valence-corrected chi connectivity index (χ2v) is 4.78. The fraction of sp³-hybridized carbons (Fsp3) is 0.333. The van der Waals surface area contributed by atoms with Crippen molar-refractivity contribution in [3.05, 3.63) is 30.3 Å². The van der Waals surface area contributed by atoms with Crippen LogP contribution in [0.1, 0.15) is 0 Å². The van der Waals surface area contributed by atoms with Gasteiger partial charge in [0, 0.05) is 24.7 Å². The highest BCUT2D eigenvalue weighted by Gasteiger charge is 2.16. The molecule has 0 atom stereocenters. The summed E-state index contributed by atoms with van der Waals surface area (Å²) in [7, 11) is 1.65. The minimum Gasteiger partial charge on any atom is -0.496 e. The molecular formula is C15H18N4O2. The van der Waals surface area contributed by atoms with E-state index in [-0.39, 0.29) is 0 Å². The van der Waals surface area contributed by atoms with Gasteiger partial charge < -0.3 is 20.1 Å². The Balaban J connectivity index is 2.01. The predicted molar refractivity (Wildman–Crippen MR) is 81.5 cm³/mol.